The number of Topliss-reactive ketones (excluding diaryl/α,β-unsaturated/α-hetero) is 1. The summed E-state index contributed by atoms with van der Waals surface area (Å²) < 4.78 is 0. The van der Waals surface area contributed by atoms with E-state index in [1.807, 2.05) is 24.3 Å². The van der Waals surface area contributed by atoms with Crippen molar-refractivity contribution in [2.24, 2.45) is 0 Å². The Bertz CT molecular complexity index is 618. The van der Waals surface area contributed by atoms with Crippen LogP contribution in [0.15, 0.2) is 48.7 Å². The van der Waals surface area contributed by atoms with E-state index in [9.17, 15) is 4.79 Å². The third kappa shape index (κ3) is 2.20. The molecule has 102 valence electrons. The van der Waals surface area contributed by atoms with Gasteiger partial charge in [-0.1, -0.05) is 36.8 Å². The Kier molecular flexibility index (Phi) is 3.26. The van der Waals surface area contributed by atoms with E-state index in [0.29, 0.717) is 18.0 Å². The van der Waals surface area contributed by atoms with Crippen molar-refractivity contribution in [1.29, 1.82) is 0 Å². The van der Waals surface area contributed by atoms with E-state index in [2.05, 4.69) is 17.1 Å². The normalized spacial score (nSPS) is 16.4. The van der Waals surface area contributed by atoms with Gasteiger partial charge in [0.25, 0.3) is 0 Å². The summed E-state index contributed by atoms with van der Waals surface area (Å²) in [6, 6.07) is 13.8. The van der Waals surface area contributed by atoms with Crippen LogP contribution in [0.5, 0.6) is 0 Å². The van der Waals surface area contributed by atoms with E-state index < -0.39 is 0 Å². The maximum Gasteiger partial charge on any atom is 0.147 e. The third-order valence-electron chi connectivity index (χ3n) is 4.28. The molecular weight excluding hydrogens is 248 g/mol. The number of pyridine rings is 1. The molecule has 1 fully saturated rings. The second-order valence-electron chi connectivity index (χ2n) is 5.49. The van der Waals surface area contributed by atoms with E-state index in [4.69, 9.17) is 5.73 Å². The Hall–Kier alpha value is -2.16. The fourth-order valence-electron chi connectivity index (χ4n) is 2.97. The summed E-state index contributed by atoms with van der Waals surface area (Å²) in [5.41, 5.74) is 7.50. The molecule has 0 unspecified atom stereocenters. The predicted octanol–water partition coefficient (Wildman–Crippen LogP) is 2.90. The lowest BCUT2D eigenvalue weighted by Gasteiger charge is -2.41. The van der Waals surface area contributed by atoms with Crippen LogP contribution in [0.4, 0.5) is 5.82 Å². The zero-order valence-corrected chi connectivity index (χ0v) is 11.4. The van der Waals surface area contributed by atoms with Gasteiger partial charge in [-0.3, -0.25) is 4.79 Å². The summed E-state index contributed by atoms with van der Waals surface area (Å²) in [5.74, 6) is 0.762. The topological polar surface area (TPSA) is 56.0 Å². The smallest absolute Gasteiger partial charge is 0.147 e. The van der Waals surface area contributed by atoms with Gasteiger partial charge in [0.2, 0.25) is 0 Å². The Balaban J connectivity index is 1.85. The summed E-state index contributed by atoms with van der Waals surface area (Å²) in [7, 11) is 0. The van der Waals surface area contributed by atoms with Crippen molar-refractivity contribution in [3.05, 3.63) is 59.8 Å². The number of carbonyl (C=O) groups is 1. The highest BCUT2D eigenvalue weighted by Gasteiger charge is 2.44. The minimum atomic E-state index is -0.278. The molecule has 0 aliphatic heterocycles. The number of hydrogen-bond acceptors (Lipinski definition) is 3. The summed E-state index contributed by atoms with van der Waals surface area (Å²) in [5, 5.41) is 0. The van der Waals surface area contributed by atoms with Crippen LogP contribution in [0, 0.1) is 0 Å². The minimum absolute atomic E-state index is 0.278. The quantitative estimate of drug-likeness (QED) is 0.925. The van der Waals surface area contributed by atoms with E-state index in [-0.39, 0.29) is 5.41 Å². The number of hydrogen-bond donors (Lipinski definition) is 1. The lowest BCUT2D eigenvalue weighted by atomic mass is 9.61. The lowest BCUT2D eigenvalue weighted by molar-refractivity contribution is -0.127. The molecule has 0 atom stereocenters. The molecule has 1 aromatic carbocycles. The van der Waals surface area contributed by atoms with Crippen LogP contribution in [0.25, 0.3) is 0 Å². The fraction of sp³-hybridized carbons (Fsp3) is 0.294. The largest absolute Gasteiger partial charge is 0.384 e. The average molecular weight is 266 g/mol. The van der Waals surface area contributed by atoms with Crippen LogP contribution < -0.4 is 5.73 Å². The first-order chi connectivity index (χ1) is 9.71. The Morgan fingerprint density at radius 2 is 1.95 bits per heavy atom. The molecule has 2 N–H and O–H groups in total. The molecule has 3 nitrogen and oxygen atoms in total. The van der Waals surface area contributed by atoms with Crippen molar-refractivity contribution >= 4 is 11.6 Å². The standard InChI is InChI=1S/C17H18N2O/c18-16-12-13(7-10-19-16)11-15(20)17(8-4-9-17)14-5-2-1-3-6-14/h1-3,5-7,10,12H,4,8-9,11H2,(H2,18,19). The molecule has 0 bridgehead atoms. The Morgan fingerprint density at radius 1 is 1.20 bits per heavy atom. The van der Waals surface area contributed by atoms with Gasteiger partial charge in [-0.25, -0.2) is 4.98 Å². The average Bonchev–Trinajstić information content (AvgIpc) is 2.38. The minimum Gasteiger partial charge on any atom is -0.384 e. The van der Waals surface area contributed by atoms with Crippen LogP contribution in [-0.4, -0.2) is 10.8 Å². The van der Waals surface area contributed by atoms with Gasteiger partial charge in [0, 0.05) is 12.6 Å². The molecule has 0 radical (unpaired) electrons. The molecule has 1 aliphatic rings. The summed E-state index contributed by atoms with van der Waals surface area (Å²) in [6.45, 7) is 0. The molecule has 1 saturated carbocycles. The molecule has 3 heteroatoms. The van der Waals surface area contributed by atoms with E-state index in [0.717, 1.165) is 30.4 Å². The highest BCUT2D eigenvalue weighted by atomic mass is 16.1. The van der Waals surface area contributed by atoms with Crippen LogP contribution >= 0.6 is 0 Å². The van der Waals surface area contributed by atoms with Crippen molar-refractivity contribution in [1.82, 2.24) is 4.98 Å². The van der Waals surface area contributed by atoms with E-state index in [1.54, 1.807) is 12.3 Å². The highest BCUT2D eigenvalue weighted by Crippen LogP contribution is 2.45. The Morgan fingerprint density at radius 3 is 2.55 bits per heavy atom. The van der Waals surface area contributed by atoms with Gasteiger partial charge < -0.3 is 5.73 Å². The predicted molar refractivity (Wildman–Crippen MR) is 79.3 cm³/mol. The maximum absolute atomic E-state index is 12.8. The SMILES string of the molecule is Nc1cc(CC(=O)C2(c3ccccc3)CCC2)ccn1. The summed E-state index contributed by atoms with van der Waals surface area (Å²) >= 11 is 0. The highest BCUT2D eigenvalue weighted by molar-refractivity contribution is 5.92. The first-order valence-electron chi connectivity index (χ1n) is 7.00. The molecule has 20 heavy (non-hydrogen) atoms. The van der Waals surface area contributed by atoms with Gasteiger partial charge in [0.05, 0.1) is 5.41 Å². The molecule has 2 aromatic rings. The molecule has 3 rings (SSSR count). The zero-order valence-electron chi connectivity index (χ0n) is 11.4. The third-order valence-corrected chi connectivity index (χ3v) is 4.28. The van der Waals surface area contributed by atoms with Crippen LogP contribution in [0.3, 0.4) is 0 Å². The number of benzene rings is 1. The van der Waals surface area contributed by atoms with Gasteiger partial charge in [-0.15, -0.1) is 0 Å². The number of carbonyl (C=O) groups excluding carboxylic acids is 1. The second kappa shape index (κ2) is 5.08. The van der Waals surface area contributed by atoms with Crippen LogP contribution in [-0.2, 0) is 16.6 Å². The number of nitrogens with zero attached hydrogens (tertiary/aromatic N) is 1. The summed E-state index contributed by atoms with van der Waals surface area (Å²) in [6.07, 6.45) is 5.13. The number of nitrogen functional groups attached to an aromatic ring is 1. The number of anilines is 1. The van der Waals surface area contributed by atoms with Crippen molar-refractivity contribution in [3.8, 4) is 0 Å². The van der Waals surface area contributed by atoms with Crippen LogP contribution in [0.1, 0.15) is 30.4 Å². The number of rotatable bonds is 4. The first kappa shape index (κ1) is 12.9. The molecule has 1 heterocycles. The van der Waals surface area contributed by atoms with Gasteiger partial charge in [-0.2, -0.15) is 0 Å². The van der Waals surface area contributed by atoms with Crippen molar-refractivity contribution in [2.75, 3.05) is 5.73 Å². The molecule has 0 spiro atoms. The van der Waals surface area contributed by atoms with Gasteiger partial charge in [0.15, 0.2) is 0 Å². The number of aromatic nitrogens is 1. The van der Waals surface area contributed by atoms with Crippen molar-refractivity contribution in [3.63, 3.8) is 0 Å². The summed E-state index contributed by atoms with van der Waals surface area (Å²) in [4.78, 5) is 16.7. The number of ketones is 1. The molecule has 1 aromatic heterocycles. The molecule has 0 saturated heterocycles. The monoisotopic (exact) mass is 266 g/mol. The number of nitrogens with two attached hydrogens (primary N) is 1. The van der Waals surface area contributed by atoms with Gasteiger partial charge >= 0.3 is 0 Å². The molecule has 0 amide bonds. The zero-order chi connectivity index (χ0) is 14.0. The van der Waals surface area contributed by atoms with Crippen molar-refractivity contribution in [2.45, 2.75) is 31.1 Å². The van der Waals surface area contributed by atoms with E-state index in [1.165, 1.54) is 0 Å². The fourth-order valence-corrected chi connectivity index (χ4v) is 2.97. The van der Waals surface area contributed by atoms with Crippen LogP contribution in [0.2, 0.25) is 0 Å². The Labute approximate surface area is 118 Å². The lowest BCUT2D eigenvalue weighted by Crippen LogP contribution is -2.43. The molecule has 1 aliphatic carbocycles. The van der Waals surface area contributed by atoms with Gasteiger partial charge in [0.1, 0.15) is 11.6 Å². The van der Waals surface area contributed by atoms with E-state index >= 15 is 0 Å². The first-order valence-corrected chi connectivity index (χ1v) is 7.00. The maximum atomic E-state index is 12.8. The van der Waals surface area contributed by atoms with Gasteiger partial charge in [-0.05, 0) is 36.1 Å². The molecular formula is C17H18N2O. The van der Waals surface area contributed by atoms with Crippen molar-refractivity contribution < 1.29 is 4.79 Å². The second-order valence-corrected chi connectivity index (χ2v) is 5.49.